The van der Waals surface area contributed by atoms with Crippen LogP contribution in [-0.4, -0.2) is 48.2 Å². The molecule has 0 aliphatic carbocycles. The summed E-state index contributed by atoms with van der Waals surface area (Å²) in [6.45, 7) is 5.80. The molecule has 10 heteroatoms. The molecule has 0 aliphatic rings. The van der Waals surface area contributed by atoms with Gasteiger partial charge in [0.1, 0.15) is 0 Å². The number of hydrogen-bond acceptors (Lipinski definition) is 7. The van der Waals surface area contributed by atoms with Crippen LogP contribution in [0.5, 0.6) is 0 Å². The number of benzene rings is 1. The summed E-state index contributed by atoms with van der Waals surface area (Å²) in [7, 11) is -2.35. The Balaban J connectivity index is 1.95. The number of likely N-dealkylation sites (N-methyl/N-ethyl adjacent to an activating group) is 1. The van der Waals surface area contributed by atoms with Crippen molar-refractivity contribution in [2.75, 3.05) is 24.7 Å². The van der Waals surface area contributed by atoms with E-state index in [9.17, 15) is 13.2 Å². The van der Waals surface area contributed by atoms with Gasteiger partial charge in [-0.25, -0.2) is 8.42 Å². The highest BCUT2D eigenvalue weighted by Gasteiger charge is 2.23. The molecule has 0 aliphatic heterocycles. The van der Waals surface area contributed by atoms with Gasteiger partial charge in [-0.2, -0.15) is 4.31 Å². The van der Waals surface area contributed by atoms with Crippen LogP contribution in [0.4, 0.5) is 5.13 Å². The third-order valence-corrected chi connectivity index (χ3v) is 7.50. The number of thioether (sulfide) groups is 1. The lowest BCUT2D eigenvalue weighted by atomic mass is 10.2. The molecule has 0 bridgehead atoms. The minimum Gasteiger partial charge on any atom is -0.299 e. The number of aryl methyl sites for hydroxylation is 1. The maximum absolute atomic E-state index is 12.5. The lowest BCUT2D eigenvalue weighted by Crippen LogP contribution is -2.34. The van der Waals surface area contributed by atoms with E-state index in [-0.39, 0.29) is 11.4 Å². The standard InChI is InChI=1S/C16H22N4O3S3/c1-11(2)10-24-16-19-18-15(25-16)17-14(21)9-20(4)26(22,23)13-7-5-12(3)6-8-13/h5-8,11H,9-10H2,1-4H3,(H,17,18,21). The van der Waals surface area contributed by atoms with Crippen molar-refractivity contribution in [3.8, 4) is 0 Å². The van der Waals surface area contributed by atoms with Crippen LogP contribution in [0.2, 0.25) is 0 Å². The Hall–Kier alpha value is -1.49. The number of sulfonamides is 1. The zero-order chi connectivity index (χ0) is 19.3. The van der Waals surface area contributed by atoms with Gasteiger partial charge in [0.15, 0.2) is 4.34 Å². The Bertz CT molecular complexity index is 848. The molecule has 0 saturated heterocycles. The van der Waals surface area contributed by atoms with Crippen LogP contribution in [0.15, 0.2) is 33.5 Å². The molecule has 1 amide bonds. The largest absolute Gasteiger partial charge is 0.299 e. The van der Waals surface area contributed by atoms with Crippen molar-refractivity contribution >= 4 is 44.2 Å². The van der Waals surface area contributed by atoms with Crippen molar-refractivity contribution in [1.29, 1.82) is 0 Å². The average molecular weight is 415 g/mol. The second-order valence-electron chi connectivity index (χ2n) is 6.20. The fourth-order valence-electron chi connectivity index (χ4n) is 1.89. The molecule has 2 aromatic rings. The van der Waals surface area contributed by atoms with Crippen LogP contribution < -0.4 is 5.32 Å². The predicted molar refractivity (Wildman–Crippen MR) is 105 cm³/mol. The van der Waals surface area contributed by atoms with Gasteiger partial charge in [0.05, 0.1) is 11.4 Å². The Morgan fingerprint density at radius 1 is 1.27 bits per heavy atom. The summed E-state index contributed by atoms with van der Waals surface area (Å²) in [6, 6.07) is 6.50. The van der Waals surface area contributed by atoms with Crippen LogP contribution in [0.25, 0.3) is 0 Å². The molecule has 0 fully saturated rings. The first-order valence-corrected chi connectivity index (χ1v) is 11.2. The van der Waals surface area contributed by atoms with Crippen LogP contribution in [0.1, 0.15) is 19.4 Å². The van der Waals surface area contributed by atoms with Gasteiger partial charge in [-0.3, -0.25) is 10.1 Å². The first-order chi connectivity index (χ1) is 12.2. The van der Waals surface area contributed by atoms with E-state index in [2.05, 4.69) is 29.4 Å². The molecule has 142 valence electrons. The van der Waals surface area contributed by atoms with Gasteiger partial charge in [0.2, 0.25) is 21.1 Å². The van der Waals surface area contributed by atoms with Gasteiger partial charge in [0.25, 0.3) is 0 Å². The van der Waals surface area contributed by atoms with Crippen LogP contribution in [0.3, 0.4) is 0 Å². The van der Waals surface area contributed by atoms with E-state index in [1.165, 1.54) is 30.5 Å². The molecule has 0 spiro atoms. The van der Waals surface area contributed by atoms with Gasteiger partial charge in [0, 0.05) is 12.8 Å². The predicted octanol–water partition coefficient (Wildman–Crippen LogP) is 2.85. The fraction of sp³-hybridized carbons (Fsp3) is 0.438. The van der Waals surface area contributed by atoms with Gasteiger partial charge < -0.3 is 0 Å². The van der Waals surface area contributed by atoms with Crippen molar-refractivity contribution in [2.24, 2.45) is 5.92 Å². The van der Waals surface area contributed by atoms with E-state index in [0.717, 1.165) is 20.0 Å². The summed E-state index contributed by atoms with van der Waals surface area (Å²) in [5.74, 6) is 0.988. The second-order valence-corrected chi connectivity index (χ2v) is 10.5. The maximum atomic E-state index is 12.5. The third-order valence-electron chi connectivity index (χ3n) is 3.29. The van der Waals surface area contributed by atoms with E-state index >= 15 is 0 Å². The molecular weight excluding hydrogens is 392 g/mol. The quantitative estimate of drug-likeness (QED) is 0.527. The zero-order valence-electron chi connectivity index (χ0n) is 15.1. The number of amides is 1. The van der Waals surface area contributed by atoms with E-state index in [1.807, 2.05) is 6.92 Å². The van der Waals surface area contributed by atoms with Crippen molar-refractivity contribution in [3.63, 3.8) is 0 Å². The number of carbonyl (C=O) groups excluding carboxylic acids is 1. The van der Waals surface area contributed by atoms with Gasteiger partial charge in [-0.15, -0.1) is 10.2 Å². The first-order valence-electron chi connectivity index (χ1n) is 7.97. The summed E-state index contributed by atoms with van der Waals surface area (Å²) in [4.78, 5) is 12.3. The number of anilines is 1. The number of aromatic nitrogens is 2. The van der Waals surface area contributed by atoms with Crippen LogP contribution >= 0.6 is 23.1 Å². The van der Waals surface area contributed by atoms with E-state index < -0.39 is 15.9 Å². The minimum absolute atomic E-state index is 0.154. The Labute approximate surface area is 162 Å². The van der Waals surface area contributed by atoms with E-state index in [0.29, 0.717) is 11.0 Å². The van der Waals surface area contributed by atoms with Crippen molar-refractivity contribution in [3.05, 3.63) is 29.8 Å². The molecule has 0 atom stereocenters. The maximum Gasteiger partial charge on any atom is 0.243 e. The highest BCUT2D eigenvalue weighted by Crippen LogP contribution is 2.27. The molecule has 26 heavy (non-hydrogen) atoms. The summed E-state index contributed by atoms with van der Waals surface area (Å²) < 4.78 is 26.8. The normalized spacial score (nSPS) is 11.9. The number of nitrogens with zero attached hydrogens (tertiary/aromatic N) is 3. The molecule has 0 unspecified atom stereocenters. The number of carbonyl (C=O) groups is 1. The fourth-order valence-corrected chi connectivity index (χ4v) is 4.76. The summed E-state index contributed by atoms with van der Waals surface area (Å²) in [5, 5.41) is 10.9. The second kappa shape index (κ2) is 8.94. The molecular formula is C16H22N4O3S3. The zero-order valence-corrected chi connectivity index (χ0v) is 17.5. The Kier molecular flexibility index (Phi) is 7.16. The number of hydrogen-bond donors (Lipinski definition) is 1. The van der Waals surface area contributed by atoms with Crippen molar-refractivity contribution in [1.82, 2.24) is 14.5 Å². The van der Waals surface area contributed by atoms with Crippen molar-refractivity contribution < 1.29 is 13.2 Å². The number of nitrogens with one attached hydrogen (secondary N) is 1. The molecule has 7 nitrogen and oxygen atoms in total. The lowest BCUT2D eigenvalue weighted by Gasteiger charge is -2.16. The monoisotopic (exact) mass is 414 g/mol. The van der Waals surface area contributed by atoms with Gasteiger partial charge in [-0.05, 0) is 25.0 Å². The Morgan fingerprint density at radius 2 is 1.92 bits per heavy atom. The van der Waals surface area contributed by atoms with Gasteiger partial charge >= 0.3 is 0 Å². The van der Waals surface area contributed by atoms with E-state index in [1.54, 1.807) is 23.9 Å². The van der Waals surface area contributed by atoms with Crippen molar-refractivity contribution in [2.45, 2.75) is 30.0 Å². The van der Waals surface area contributed by atoms with Crippen LogP contribution in [-0.2, 0) is 14.8 Å². The topological polar surface area (TPSA) is 92.3 Å². The molecule has 0 saturated carbocycles. The van der Waals surface area contributed by atoms with Gasteiger partial charge in [-0.1, -0.05) is 54.6 Å². The molecule has 1 aromatic carbocycles. The molecule has 1 heterocycles. The molecule has 2 rings (SSSR count). The first kappa shape index (κ1) is 20.8. The smallest absolute Gasteiger partial charge is 0.243 e. The Morgan fingerprint density at radius 3 is 2.54 bits per heavy atom. The molecule has 1 N–H and O–H groups in total. The lowest BCUT2D eigenvalue weighted by molar-refractivity contribution is -0.116. The summed E-state index contributed by atoms with van der Waals surface area (Å²) >= 11 is 2.86. The molecule has 1 aromatic heterocycles. The SMILES string of the molecule is Cc1ccc(S(=O)(=O)N(C)CC(=O)Nc2nnc(SCC(C)C)s2)cc1. The molecule has 0 radical (unpaired) electrons. The highest BCUT2D eigenvalue weighted by atomic mass is 32.2. The average Bonchev–Trinajstić information content (AvgIpc) is 3.00. The minimum atomic E-state index is -3.72. The van der Waals surface area contributed by atoms with Crippen LogP contribution in [0, 0.1) is 12.8 Å². The highest BCUT2D eigenvalue weighted by molar-refractivity contribution is 8.01. The van der Waals surface area contributed by atoms with E-state index in [4.69, 9.17) is 0 Å². The third kappa shape index (κ3) is 5.76. The summed E-state index contributed by atoms with van der Waals surface area (Å²) in [5.41, 5.74) is 0.965. The number of rotatable bonds is 8. The summed E-state index contributed by atoms with van der Waals surface area (Å²) in [6.07, 6.45) is 0.